The van der Waals surface area contributed by atoms with E-state index in [9.17, 15) is 12.8 Å². The maximum Gasteiger partial charge on any atom is 0.264 e. The van der Waals surface area contributed by atoms with Gasteiger partial charge in [0.15, 0.2) is 11.5 Å². The molecule has 5 rings (SSSR count). The molecule has 0 spiro atoms. The summed E-state index contributed by atoms with van der Waals surface area (Å²) in [4.78, 5) is 12.5. The number of benzene rings is 2. The summed E-state index contributed by atoms with van der Waals surface area (Å²) in [7, 11) is -4.20. The number of hydrogen-bond acceptors (Lipinski definition) is 8. The van der Waals surface area contributed by atoms with Crippen LogP contribution < -0.4 is 15.2 Å². The van der Waals surface area contributed by atoms with Crippen LogP contribution in [0.4, 0.5) is 15.9 Å². The molecule has 182 valence electrons. The van der Waals surface area contributed by atoms with E-state index in [1.54, 1.807) is 24.3 Å². The molecule has 3 heterocycles. The lowest BCUT2D eigenvalue weighted by molar-refractivity contribution is 0.466. The van der Waals surface area contributed by atoms with Crippen molar-refractivity contribution in [3.63, 3.8) is 0 Å². The third kappa shape index (κ3) is 4.63. The second-order valence-corrected chi connectivity index (χ2v) is 9.77. The van der Waals surface area contributed by atoms with Crippen molar-refractivity contribution in [2.24, 2.45) is 0 Å². The molecule has 0 atom stereocenters. The van der Waals surface area contributed by atoms with Crippen LogP contribution in [0.5, 0.6) is 11.6 Å². The largest absolute Gasteiger partial charge is 0.436 e. The van der Waals surface area contributed by atoms with Crippen molar-refractivity contribution in [1.29, 1.82) is 0 Å². The van der Waals surface area contributed by atoms with Gasteiger partial charge in [0.1, 0.15) is 27.7 Å². The smallest absolute Gasteiger partial charge is 0.264 e. The van der Waals surface area contributed by atoms with E-state index in [0.717, 1.165) is 12.1 Å². The lowest BCUT2D eigenvalue weighted by atomic mass is 10.2. The van der Waals surface area contributed by atoms with Gasteiger partial charge < -0.3 is 10.5 Å². The molecule has 3 aromatic heterocycles. The molecule has 10 nitrogen and oxygen atoms in total. The molecule has 2 aromatic carbocycles. The van der Waals surface area contributed by atoms with Crippen LogP contribution >= 0.6 is 11.6 Å². The van der Waals surface area contributed by atoms with Gasteiger partial charge in [-0.3, -0.25) is 9.82 Å². The molecule has 0 fully saturated rings. The Morgan fingerprint density at radius 1 is 1.08 bits per heavy atom. The standard InChI is InChI=1S/C23H17ClFN7O3S/c1-12-20-22(31-30-12)28-21(29-23(20)35-16-7-9-19(26)27-11-16)13-2-5-15(6-3-13)32-36(33,34)18-10-14(24)4-8-17(18)25/h2-11,32H,1H3,(H2,26,27)(H,28,29,30,31). The summed E-state index contributed by atoms with van der Waals surface area (Å²) >= 11 is 5.83. The molecule has 4 N–H and O–H groups in total. The van der Waals surface area contributed by atoms with Gasteiger partial charge in [0.2, 0.25) is 5.88 Å². The number of aromatic nitrogens is 5. The van der Waals surface area contributed by atoms with Gasteiger partial charge >= 0.3 is 0 Å². The number of nitrogens with one attached hydrogen (secondary N) is 2. The summed E-state index contributed by atoms with van der Waals surface area (Å²) < 4.78 is 47.6. The molecule has 0 unspecified atom stereocenters. The van der Waals surface area contributed by atoms with Crippen LogP contribution in [0.1, 0.15) is 5.69 Å². The molecule has 0 bridgehead atoms. The molecule has 13 heteroatoms. The van der Waals surface area contributed by atoms with E-state index in [2.05, 4.69) is 29.9 Å². The molecule has 0 amide bonds. The summed E-state index contributed by atoms with van der Waals surface area (Å²) in [6.07, 6.45) is 1.47. The van der Waals surface area contributed by atoms with Crippen LogP contribution in [-0.4, -0.2) is 33.6 Å². The van der Waals surface area contributed by atoms with E-state index < -0.39 is 20.7 Å². The molecule has 0 saturated carbocycles. The van der Waals surface area contributed by atoms with Gasteiger partial charge in [0, 0.05) is 22.0 Å². The lowest BCUT2D eigenvalue weighted by Crippen LogP contribution is -2.14. The fourth-order valence-electron chi connectivity index (χ4n) is 3.38. The number of nitrogen functional groups attached to an aromatic ring is 1. The number of sulfonamides is 1. The van der Waals surface area contributed by atoms with E-state index in [1.807, 2.05) is 6.92 Å². The Labute approximate surface area is 209 Å². The van der Waals surface area contributed by atoms with Crippen LogP contribution in [0.25, 0.3) is 22.4 Å². The second-order valence-electron chi connectivity index (χ2n) is 7.68. The van der Waals surface area contributed by atoms with Crippen molar-refractivity contribution < 1.29 is 17.5 Å². The normalized spacial score (nSPS) is 11.5. The number of fused-ring (bicyclic) bond motifs is 1. The fourth-order valence-corrected chi connectivity index (χ4v) is 4.78. The van der Waals surface area contributed by atoms with Crippen molar-refractivity contribution in [1.82, 2.24) is 25.1 Å². The Balaban J connectivity index is 1.46. The van der Waals surface area contributed by atoms with Crippen molar-refractivity contribution in [2.45, 2.75) is 11.8 Å². The van der Waals surface area contributed by atoms with E-state index >= 15 is 0 Å². The number of halogens is 2. The number of nitrogens with two attached hydrogens (primary N) is 1. The average molecular weight is 526 g/mol. The third-order valence-corrected chi connectivity index (χ3v) is 6.74. The van der Waals surface area contributed by atoms with Crippen LogP contribution in [-0.2, 0) is 10.0 Å². The Kier molecular flexibility index (Phi) is 5.90. The van der Waals surface area contributed by atoms with Crippen LogP contribution in [0.15, 0.2) is 65.7 Å². The maximum atomic E-state index is 14.1. The summed E-state index contributed by atoms with van der Waals surface area (Å²) in [5.41, 5.74) is 7.52. The number of hydrogen-bond donors (Lipinski definition) is 3. The van der Waals surface area contributed by atoms with Crippen molar-refractivity contribution in [3.8, 4) is 23.0 Å². The number of aromatic amines is 1. The zero-order valence-electron chi connectivity index (χ0n) is 18.5. The minimum atomic E-state index is -4.20. The SMILES string of the molecule is Cc1[nH]nc2nc(-c3ccc(NS(=O)(=O)c4cc(Cl)ccc4F)cc3)nc(Oc3ccc(N)nc3)c12. The highest BCUT2D eigenvalue weighted by Gasteiger charge is 2.20. The zero-order valence-corrected chi connectivity index (χ0v) is 20.1. The lowest BCUT2D eigenvalue weighted by Gasteiger charge is -2.11. The number of ether oxygens (including phenoxy) is 1. The monoisotopic (exact) mass is 525 g/mol. The highest BCUT2D eigenvalue weighted by Crippen LogP contribution is 2.31. The quantitative estimate of drug-likeness (QED) is 0.289. The van der Waals surface area contributed by atoms with Crippen molar-refractivity contribution >= 4 is 44.2 Å². The van der Waals surface area contributed by atoms with Crippen molar-refractivity contribution in [3.05, 3.63) is 77.3 Å². The minimum Gasteiger partial charge on any atom is -0.436 e. The molecule has 5 aromatic rings. The third-order valence-electron chi connectivity index (χ3n) is 5.11. The van der Waals surface area contributed by atoms with Gasteiger partial charge in [-0.05, 0) is 61.5 Å². The molecular weight excluding hydrogens is 509 g/mol. The number of aryl methyl sites for hydroxylation is 1. The predicted octanol–water partition coefficient (Wildman–Crippen LogP) is 4.69. The van der Waals surface area contributed by atoms with E-state index in [-0.39, 0.29) is 16.6 Å². The van der Waals surface area contributed by atoms with E-state index in [0.29, 0.717) is 39.7 Å². The number of anilines is 2. The van der Waals surface area contributed by atoms with Crippen LogP contribution in [0.2, 0.25) is 5.02 Å². The molecule has 0 aliphatic rings. The van der Waals surface area contributed by atoms with Gasteiger partial charge in [-0.2, -0.15) is 10.1 Å². The predicted molar refractivity (Wildman–Crippen MR) is 133 cm³/mol. The first-order valence-corrected chi connectivity index (χ1v) is 12.3. The molecule has 0 aliphatic heterocycles. The minimum absolute atomic E-state index is 0.0982. The fraction of sp³-hybridized carbons (Fsp3) is 0.0435. The number of nitrogens with zero attached hydrogens (tertiary/aromatic N) is 4. The topological polar surface area (TPSA) is 149 Å². The summed E-state index contributed by atoms with van der Waals surface area (Å²) in [6.45, 7) is 1.82. The Bertz CT molecular complexity index is 1690. The van der Waals surface area contributed by atoms with Crippen molar-refractivity contribution in [2.75, 3.05) is 10.5 Å². The molecular formula is C23H17ClFN7O3S. The number of pyridine rings is 1. The Morgan fingerprint density at radius 3 is 2.58 bits per heavy atom. The second kappa shape index (κ2) is 9.06. The van der Waals surface area contributed by atoms with Gasteiger partial charge in [0.05, 0.1) is 6.20 Å². The molecule has 0 aliphatic carbocycles. The number of rotatable bonds is 6. The zero-order chi connectivity index (χ0) is 25.4. The Morgan fingerprint density at radius 2 is 1.86 bits per heavy atom. The summed E-state index contributed by atoms with van der Waals surface area (Å²) in [5, 5.41) is 7.77. The van der Waals surface area contributed by atoms with Gasteiger partial charge in [0.25, 0.3) is 10.0 Å². The highest BCUT2D eigenvalue weighted by atomic mass is 35.5. The first-order valence-electron chi connectivity index (χ1n) is 10.4. The first kappa shape index (κ1) is 23.5. The maximum absolute atomic E-state index is 14.1. The number of H-pyrrole nitrogens is 1. The average Bonchev–Trinajstić information content (AvgIpc) is 3.23. The highest BCUT2D eigenvalue weighted by molar-refractivity contribution is 7.92. The van der Waals surface area contributed by atoms with Gasteiger partial charge in [-0.15, -0.1) is 0 Å². The van der Waals surface area contributed by atoms with E-state index in [1.165, 1.54) is 24.4 Å². The van der Waals surface area contributed by atoms with Crippen LogP contribution in [0.3, 0.4) is 0 Å². The summed E-state index contributed by atoms with van der Waals surface area (Å²) in [6, 6.07) is 12.8. The van der Waals surface area contributed by atoms with Gasteiger partial charge in [-0.1, -0.05) is 11.6 Å². The molecule has 36 heavy (non-hydrogen) atoms. The first-order chi connectivity index (χ1) is 17.2. The van der Waals surface area contributed by atoms with Crippen LogP contribution in [0, 0.1) is 12.7 Å². The van der Waals surface area contributed by atoms with Gasteiger partial charge in [-0.25, -0.2) is 22.8 Å². The molecule has 0 radical (unpaired) electrons. The Hall–Kier alpha value is -4.29. The molecule has 0 saturated heterocycles. The van der Waals surface area contributed by atoms with E-state index in [4.69, 9.17) is 22.1 Å². The summed E-state index contributed by atoms with van der Waals surface area (Å²) in [5.74, 6) is 0.415.